The van der Waals surface area contributed by atoms with Crippen molar-refractivity contribution in [2.24, 2.45) is 5.92 Å². The summed E-state index contributed by atoms with van der Waals surface area (Å²) in [5.41, 5.74) is 3.97. The smallest absolute Gasteiger partial charge is 0.224 e. The van der Waals surface area contributed by atoms with Crippen molar-refractivity contribution in [2.75, 3.05) is 24.5 Å². The number of piperidine rings is 1. The van der Waals surface area contributed by atoms with Crippen molar-refractivity contribution in [1.82, 2.24) is 19.9 Å². The van der Waals surface area contributed by atoms with E-state index < -0.39 is 0 Å². The second kappa shape index (κ2) is 9.63. The van der Waals surface area contributed by atoms with Gasteiger partial charge in [-0.25, -0.2) is 9.50 Å². The SMILES string of the molecule is O=C(NCCc1ccccc1)C1CCCN(c2nccn3nc(-c4cccc(Cl)c4)cc23)C1. The number of aromatic nitrogens is 3. The van der Waals surface area contributed by atoms with E-state index in [9.17, 15) is 4.79 Å². The van der Waals surface area contributed by atoms with Gasteiger partial charge in [-0.2, -0.15) is 5.10 Å². The van der Waals surface area contributed by atoms with E-state index in [-0.39, 0.29) is 11.8 Å². The molecule has 0 aliphatic carbocycles. The second-order valence-corrected chi connectivity index (χ2v) is 8.87. The van der Waals surface area contributed by atoms with Crippen molar-refractivity contribution >= 4 is 28.8 Å². The van der Waals surface area contributed by atoms with Crippen LogP contribution in [0.1, 0.15) is 18.4 Å². The number of carbonyl (C=O) groups is 1. The van der Waals surface area contributed by atoms with Crippen LogP contribution in [0.5, 0.6) is 0 Å². The summed E-state index contributed by atoms with van der Waals surface area (Å²) < 4.78 is 1.85. The summed E-state index contributed by atoms with van der Waals surface area (Å²) in [6, 6.07) is 20.0. The molecule has 0 saturated carbocycles. The molecule has 1 aliphatic rings. The molecule has 2 aromatic heterocycles. The summed E-state index contributed by atoms with van der Waals surface area (Å²) in [5, 5.41) is 8.52. The molecule has 1 aliphatic heterocycles. The normalized spacial score (nSPS) is 16.2. The molecular formula is C26H26ClN5O. The lowest BCUT2D eigenvalue weighted by Crippen LogP contribution is -2.44. The minimum Gasteiger partial charge on any atom is -0.355 e. The van der Waals surface area contributed by atoms with E-state index in [0.29, 0.717) is 18.1 Å². The molecule has 168 valence electrons. The van der Waals surface area contributed by atoms with Crippen molar-refractivity contribution in [3.8, 4) is 11.3 Å². The van der Waals surface area contributed by atoms with Crippen molar-refractivity contribution in [3.05, 3.63) is 83.6 Å². The third kappa shape index (κ3) is 4.86. The van der Waals surface area contributed by atoms with E-state index in [0.717, 1.165) is 48.4 Å². The fraction of sp³-hybridized carbons (Fsp3) is 0.269. The maximum Gasteiger partial charge on any atom is 0.224 e. The van der Waals surface area contributed by atoms with Gasteiger partial charge in [0.05, 0.1) is 11.6 Å². The van der Waals surface area contributed by atoms with Gasteiger partial charge >= 0.3 is 0 Å². The number of halogens is 1. The van der Waals surface area contributed by atoms with E-state index in [1.807, 2.05) is 59.2 Å². The first-order chi connectivity index (χ1) is 16.2. The lowest BCUT2D eigenvalue weighted by atomic mass is 9.97. The molecule has 1 unspecified atom stereocenters. The zero-order valence-electron chi connectivity index (χ0n) is 18.3. The lowest BCUT2D eigenvalue weighted by molar-refractivity contribution is -0.125. The van der Waals surface area contributed by atoms with E-state index in [1.165, 1.54) is 5.56 Å². The zero-order chi connectivity index (χ0) is 22.6. The zero-order valence-corrected chi connectivity index (χ0v) is 19.1. The van der Waals surface area contributed by atoms with E-state index in [2.05, 4.69) is 27.3 Å². The Morgan fingerprint density at radius 1 is 1.12 bits per heavy atom. The summed E-state index contributed by atoms with van der Waals surface area (Å²) >= 11 is 6.17. The average Bonchev–Trinajstić information content (AvgIpc) is 3.29. The largest absolute Gasteiger partial charge is 0.355 e. The molecule has 1 saturated heterocycles. The van der Waals surface area contributed by atoms with Crippen LogP contribution >= 0.6 is 11.6 Å². The molecule has 4 aromatic rings. The molecule has 0 spiro atoms. The molecule has 7 heteroatoms. The third-order valence-corrected chi connectivity index (χ3v) is 6.37. The van der Waals surface area contributed by atoms with Gasteiger partial charge in [0.25, 0.3) is 0 Å². The van der Waals surface area contributed by atoms with E-state index >= 15 is 0 Å². The van der Waals surface area contributed by atoms with Crippen LogP contribution < -0.4 is 10.2 Å². The summed E-state index contributed by atoms with van der Waals surface area (Å²) in [7, 11) is 0. The predicted octanol–water partition coefficient (Wildman–Crippen LogP) is 4.63. The average molecular weight is 460 g/mol. The van der Waals surface area contributed by atoms with Crippen LogP contribution in [0.15, 0.2) is 73.1 Å². The van der Waals surface area contributed by atoms with Crippen LogP contribution in [0.2, 0.25) is 5.02 Å². The van der Waals surface area contributed by atoms with Crippen LogP contribution in [-0.2, 0) is 11.2 Å². The molecule has 0 radical (unpaired) electrons. The second-order valence-electron chi connectivity index (χ2n) is 8.43. The van der Waals surface area contributed by atoms with Crippen molar-refractivity contribution in [3.63, 3.8) is 0 Å². The Kier molecular flexibility index (Phi) is 6.26. The number of amides is 1. The van der Waals surface area contributed by atoms with Gasteiger partial charge in [0.15, 0.2) is 5.82 Å². The summed E-state index contributed by atoms with van der Waals surface area (Å²) in [6.45, 7) is 2.18. The van der Waals surface area contributed by atoms with Gasteiger partial charge in [0.1, 0.15) is 5.52 Å². The van der Waals surface area contributed by atoms with Gasteiger partial charge in [0.2, 0.25) is 5.91 Å². The van der Waals surface area contributed by atoms with Crippen LogP contribution in [0.3, 0.4) is 0 Å². The van der Waals surface area contributed by atoms with Crippen LogP contribution in [-0.4, -0.2) is 40.1 Å². The number of anilines is 1. The number of benzene rings is 2. The summed E-state index contributed by atoms with van der Waals surface area (Å²) in [5.74, 6) is 0.933. The number of hydrogen-bond donors (Lipinski definition) is 1. The predicted molar refractivity (Wildman–Crippen MR) is 132 cm³/mol. The number of fused-ring (bicyclic) bond motifs is 1. The highest BCUT2D eigenvalue weighted by Gasteiger charge is 2.27. The number of nitrogens with zero attached hydrogens (tertiary/aromatic N) is 4. The van der Waals surface area contributed by atoms with E-state index in [1.54, 1.807) is 6.20 Å². The lowest BCUT2D eigenvalue weighted by Gasteiger charge is -2.33. The molecule has 5 rings (SSSR count). The quantitative estimate of drug-likeness (QED) is 0.457. The molecular weight excluding hydrogens is 434 g/mol. The first-order valence-corrected chi connectivity index (χ1v) is 11.7. The summed E-state index contributed by atoms with van der Waals surface area (Å²) in [4.78, 5) is 19.7. The fourth-order valence-electron chi connectivity index (χ4n) is 4.44. The Morgan fingerprint density at radius 3 is 2.85 bits per heavy atom. The maximum absolute atomic E-state index is 12.9. The Hall–Kier alpha value is -3.38. The van der Waals surface area contributed by atoms with Gasteiger partial charge in [-0.1, -0.05) is 54.1 Å². The number of hydrogen-bond acceptors (Lipinski definition) is 4. The molecule has 2 aromatic carbocycles. The molecule has 1 atom stereocenters. The summed E-state index contributed by atoms with van der Waals surface area (Å²) in [6.07, 6.45) is 6.30. The van der Waals surface area contributed by atoms with Crippen LogP contribution in [0.25, 0.3) is 16.8 Å². The number of carbonyl (C=O) groups excluding carboxylic acids is 1. The van der Waals surface area contributed by atoms with Crippen molar-refractivity contribution in [1.29, 1.82) is 0 Å². The third-order valence-electron chi connectivity index (χ3n) is 6.14. The van der Waals surface area contributed by atoms with Gasteiger partial charge in [0, 0.05) is 42.6 Å². The van der Waals surface area contributed by atoms with Crippen LogP contribution in [0.4, 0.5) is 5.82 Å². The molecule has 6 nitrogen and oxygen atoms in total. The van der Waals surface area contributed by atoms with Crippen LogP contribution in [0, 0.1) is 5.92 Å². The number of nitrogens with one attached hydrogen (secondary N) is 1. The molecule has 1 amide bonds. The Labute approximate surface area is 198 Å². The standard InChI is InChI=1S/C26H26ClN5O/c27-22-10-4-8-20(16-22)23-17-24-25(28-13-15-32(24)30-23)31-14-5-9-21(18-31)26(33)29-12-11-19-6-2-1-3-7-19/h1-4,6-8,10,13,15-17,21H,5,9,11-12,14,18H2,(H,29,33). The monoisotopic (exact) mass is 459 g/mol. The topological polar surface area (TPSA) is 62.5 Å². The highest BCUT2D eigenvalue weighted by atomic mass is 35.5. The minimum absolute atomic E-state index is 0.0492. The fourth-order valence-corrected chi connectivity index (χ4v) is 4.63. The van der Waals surface area contributed by atoms with E-state index in [4.69, 9.17) is 16.7 Å². The van der Waals surface area contributed by atoms with Crippen molar-refractivity contribution < 1.29 is 4.79 Å². The van der Waals surface area contributed by atoms with Gasteiger partial charge < -0.3 is 10.2 Å². The number of rotatable bonds is 6. The Morgan fingerprint density at radius 2 is 2.00 bits per heavy atom. The first-order valence-electron chi connectivity index (χ1n) is 11.3. The molecule has 1 fully saturated rings. The van der Waals surface area contributed by atoms with Gasteiger partial charge in [-0.15, -0.1) is 0 Å². The first kappa shape index (κ1) is 21.5. The molecule has 0 bridgehead atoms. The molecule has 3 heterocycles. The Balaban J connectivity index is 1.29. The molecule has 1 N–H and O–H groups in total. The maximum atomic E-state index is 12.9. The Bertz CT molecular complexity index is 1260. The van der Waals surface area contributed by atoms with Gasteiger partial charge in [-0.05, 0) is 43.0 Å². The molecule has 33 heavy (non-hydrogen) atoms. The minimum atomic E-state index is -0.0492. The highest BCUT2D eigenvalue weighted by molar-refractivity contribution is 6.30. The highest BCUT2D eigenvalue weighted by Crippen LogP contribution is 2.29. The van der Waals surface area contributed by atoms with Crippen molar-refractivity contribution in [2.45, 2.75) is 19.3 Å². The van der Waals surface area contributed by atoms with Gasteiger partial charge in [-0.3, -0.25) is 4.79 Å².